The fraction of sp³-hybridized carbons (Fsp3) is 0.467. The first kappa shape index (κ1) is 15.2. The number of carbonyl (C=O) groups excluding carboxylic acids is 2. The first-order chi connectivity index (χ1) is 10.0. The molecule has 0 radical (unpaired) electrons. The minimum Gasteiger partial charge on any atom is -0.497 e. The molecule has 0 aliphatic heterocycles. The lowest BCUT2D eigenvalue weighted by atomic mass is 10.1. The second-order valence-corrected chi connectivity index (χ2v) is 5.29. The summed E-state index contributed by atoms with van der Waals surface area (Å²) in [6.45, 7) is -0.0744. The van der Waals surface area contributed by atoms with Gasteiger partial charge in [-0.15, -0.1) is 0 Å². The van der Waals surface area contributed by atoms with Crippen LogP contribution in [0.3, 0.4) is 0 Å². The third-order valence-electron chi connectivity index (χ3n) is 3.84. The van der Waals surface area contributed by atoms with Gasteiger partial charge in [0.15, 0.2) is 0 Å². The molecule has 1 aromatic carbocycles. The average Bonchev–Trinajstić information content (AvgIpc) is 2.97. The maximum atomic E-state index is 12.7. The zero-order valence-electron chi connectivity index (χ0n) is 12.2. The highest BCUT2D eigenvalue weighted by Gasteiger charge is 2.29. The lowest BCUT2D eigenvalue weighted by Gasteiger charge is -2.28. The predicted octanol–water partition coefficient (Wildman–Crippen LogP) is 1.15. The van der Waals surface area contributed by atoms with Crippen LogP contribution in [0, 0.1) is 0 Å². The van der Waals surface area contributed by atoms with E-state index in [0.29, 0.717) is 17.0 Å². The third-order valence-corrected chi connectivity index (χ3v) is 3.84. The van der Waals surface area contributed by atoms with Crippen LogP contribution in [0.25, 0.3) is 0 Å². The smallest absolute Gasteiger partial charge is 0.256 e. The zero-order chi connectivity index (χ0) is 15.4. The number of nitrogens with two attached hydrogens (primary N) is 2. The van der Waals surface area contributed by atoms with Crippen molar-refractivity contribution in [3.05, 3.63) is 23.8 Å². The molecule has 1 saturated carbocycles. The summed E-state index contributed by atoms with van der Waals surface area (Å²) < 4.78 is 5.08. The molecule has 1 fully saturated rings. The van der Waals surface area contributed by atoms with Crippen LogP contribution in [0.15, 0.2) is 18.2 Å². The summed E-state index contributed by atoms with van der Waals surface area (Å²) in [6.07, 6.45) is 3.92. The number of benzene rings is 1. The average molecular weight is 291 g/mol. The number of methoxy groups -OCH3 is 1. The van der Waals surface area contributed by atoms with Crippen LogP contribution >= 0.6 is 0 Å². The summed E-state index contributed by atoms with van der Waals surface area (Å²) >= 11 is 0. The van der Waals surface area contributed by atoms with E-state index in [-0.39, 0.29) is 18.5 Å². The van der Waals surface area contributed by atoms with Crippen molar-refractivity contribution in [1.29, 1.82) is 0 Å². The number of ether oxygens (including phenoxy) is 1. The van der Waals surface area contributed by atoms with E-state index in [9.17, 15) is 9.59 Å². The van der Waals surface area contributed by atoms with Gasteiger partial charge in [-0.3, -0.25) is 9.59 Å². The molecule has 6 heteroatoms. The number of hydrogen-bond acceptors (Lipinski definition) is 4. The van der Waals surface area contributed by atoms with Gasteiger partial charge in [-0.25, -0.2) is 0 Å². The van der Waals surface area contributed by atoms with Crippen molar-refractivity contribution < 1.29 is 14.3 Å². The molecule has 1 aromatic rings. The molecule has 1 aliphatic rings. The molecule has 2 amide bonds. The SMILES string of the molecule is COc1ccc(C(=O)N(CC(N)=O)C2CCCC2)c(N)c1. The van der Waals surface area contributed by atoms with E-state index in [1.165, 1.54) is 7.11 Å². The molecule has 6 nitrogen and oxygen atoms in total. The number of carbonyl (C=O) groups is 2. The first-order valence-electron chi connectivity index (χ1n) is 7.05. The minimum absolute atomic E-state index is 0.0616. The Morgan fingerprint density at radius 1 is 1.33 bits per heavy atom. The zero-order valence-corrected chi connectivity index (χ0v) is 12.2. The number of hydrogen-bond donors (Lipinski definition) is 2. The molecule has 0 bridgehead atoms. The Hall–Kier alpha value is -2.24. The van der Waals surface area contributed by atoms with Gasteiger partial charge in [-0.05, 0) is 25.0 Å². The van der Waals surface area contributed by atoms with Crippen molar-refractivity contribution in [3.63, 3.8) is 0 Å². The van der Waals surface area contributed by atoms with Crippen molar-refractivity contribution in [2.45, 2.75) is 31.7 Å². The number of rotatable bonds is 5. The van der Waals surface area contributed by atoms with Crippen molar-refractivity contribution in [1.82, 2.24) is 4.90 Å². The molecule has 114 valence electrons. The van der Waals surface area contributed by atoms with E-state index in [0.717, 1.165) is 25.7 Å². The highest BCUT2D eigenvalue weighted by atomic mass is 16.5. The van der Waals surface area contributed by atoms with Gasteiger partial charge in [-0.1, -0.05) is 12.8 Å². The normalized spacial score (nSPS) is 14.9. The maximum absolute atomic E-state index is 12.7. The van der Waals surface area contributed by atoms with Gasteiger partial charge in [0, 0.05) is 17.8 Å². The largest absolute Gasteiger partial charge is 0.497 e. The Labute approximate surface area is 124 Å². The van der Waals surface area contributed by atoms with Crippen LogP contribution in [0.1, 0.15) is 36.0 Å². The van der Waals surface area contributed by atoms with E-state index >= 15 is 0 Å². The number of nitrogen functional groups attached to an aromatic ring is 1. The lowest BCUT2D eigenvalue weighted by molar-refractivity contribution is -0.119. The summed E-state index contributed by atoms with van der Waals surface area (Å²) in [5, 5.41) is 0. The monoisotopic (exact) mass is 291 g/mol. The molecule has 0 spiro atoms. The maximum Gasteiger partial charge on any atom is 0.256 e. The summed E-state index contributed by atoms with van der Waals surface area (Å²) in [4.78, 5) is 25.5. The van der Waals surface area contributed by atoms with Gasteiger partial charge in [0.2, 0.25) is 5.91 Å². The quantitative estimate of drug-likeness (QED) is 0.795. The van der Waals surface area contributed by atoms with E-state index in [1.807, 2.05) is 0 Å². The first-order valence-corrected chi connectivity index (χ1v) is 7.05. The van der Waals surface area contributed by atoms with Crippen LogP contribution in [0.2, 0.25) is 0 Å². The van der Waals surface area contributed by atoms with Crippen LogP contribution in [-0.2, 0) is 4.79 Å². The second-order valence-electron chi connectivity index (χ2n) is 5.29. The van der Waals surface area contributed by atoms with Crippen molar-refractivity contribution in [3.8, 4) is 5.75 Å². The van der Waals surface area contributed by atoms with Crippen molar-refractivity contribution in [2.24, 2.45) is 5.73 Å². The molecular formula is C15H21N3O3. The standard InChI is InChI=1S/C15H21N3O3/c1-21-11-6-7-12(13(16)8-11)15(20)18(9-14(17)19)10-4-2-3-5-10/h6-8,10H,2-5,9,16H2,1H3,(H2,17,19). The number of primary amides is 1. The lowest BCUT2D eigenvalue weighted by Crippen LogP contribution is -2.44. The molecule has 0 atom stereocenters. The Bertz CT molecular complexity index is 539. The molecule has 0 heterocycles. The second kappa shape index (κ2) is 6.47. The highest BCUT2D eigenvalue weighted by Crippen LogP contribution is 2.27. The van der Waals surface area contributed by atoms with Crippen molar-refractivity contribution in [2.75, 3.05) is 19.4 Å². The third kappa shape index (κ3) is 3.45. The fourth-order valence-corrected chi connectivity index (χ4v) is 2.77. The Kier molecular flexibility index (Phi) is 4.67. The predicted molar refractivity (Wildman–Crippen MR) is 79.9 cm³/mol. The van der Waals surface area contributed by atoms with Crippen molar-refractivity contribution >= 4 is 17.5 Å². The van der Waals surface area contributed by atoms with Gasteiger partial charge in [-0.2, -0.15) is 0 Å². The number of nitrogens with zero attached hydrogens (tertiary/aromatic N) is 1. The number of anilines is 1. The summed E-state index contributed by atoms with van der Waals surface area (Å²) in [7, 11) is 1.54. The van der Waals surface area contributed by atoms with E-state index < -0.39 is 5.91 Å². The van der Waals surface area contributed by atoms with E-state index in [2.05, 4.69) is 0 Å². The van der Waals surface area contributed by atoms with Crippen LogP contribution in [0.5, 0.6) is 5.75 Å². The molecular weight excluding hydrogens is 270 g/mol. The molecule has 4 N–H and O–H groups in total. The fourth-order valence-electron chi connectivity index (χ4n) is 2.77. The summed E-state index contributed by atoms with van der Waals surface area (Å²) in [5.41, 5.74) is 11.9. The molecule has 0 aromatic heterocycles. The van der Waals surface area contributed by atoms with Crippen LogP contribution in [0.4, 0.5) is 5.69 Å². The van der Waals surface area contributed by atoms with Crippen LogP contribution < -0.4 is 16.2 Å². The van der Waals surface area contributed by atoms with Gasteiger partial charge in [0.05, 0.1) is 19.2 Å². The Morgan fingerprint density at radius 3 is 2.52 bits per heavy atom. The van der Waals surface area contributed by atoms with Gasteiger partial charge >= 0.3 is 0 Å². The molecule has 2 rings (SSSR count). The summed E-state index contributed by atoms with van der Waals surface area (Å²) in [6, 6.07) is 4.97. The van der Waals surface area contributed by atoms with Crippen LogP contribution in [-0.4, -0.2) is 36.4 Å². The molecule has 21 heavy (non-hydrogen) atoms. The molecule has 0 unspecified atom stereocenters. The van der Waals surface area contributed by atoms with Gasteiger partial charge in [0.25, 0.3) is 5.91 Å². The number of amides is 2. The van der Waals surface area contributed by atoms with E-state index in [1.54, 1.807) is 23.1 Å². The highest BCUT2D eigenvalue weighted by molar-refractivity contribution is 6.01. The Morgan fingerprint density at radius 2 is 2.00 bits per heavy atom. The minimum atomic E-state index is -0.512. The molecule has 0 saturated heterocycles. The topological polar surface area (TPSA) is 98.6 Å². The summed E-state index contributed by atoms with van der Waals surface area (Å²) in [5.74, 6) is -0.172. The Balaban J connectivity index is 2.26. The van der Waals surface area contributed by atoms with E-state index in [4.69, 9.17) is 16.2 Å². The van der Waals surface area contributed by atoms with Gasteiger partial charge < -0.3 is 21.1 Å². The van der Waals surface area contributed by atoms with Gasteiger partial charge in [0.1, 0.15) is 5.75 Å². The molecule has 1 aliphatic carbocycles.